The summed E-state index contributed by atoms with van der Waals surface area (Å²) >= 11 is 5.10. The minimum atomic E-state index is -0.266. The van der Waals surface area contributed by atoms with Gasteiger partial charge in [0.25, 0.3) is 0 Å². The smallest absolute Gasteiger partial charge is 0.338 e. The van der Waals surface area contributed by atoms with Gasteiger partial charge in [-0.15, -0.1) is 11.3 Å². The van der Waals surface area contributed by atoms with E-state index in [1.807, 2.05) is 17.5 Å². The molecule has 0 bridgehead atoms. The van der Waals surface area contributed by atoms with Gasteiger partial charge in [0.1, 0.15) is 0 Å². The number of carbonyl (C=O) groups is 1. The molecule has 0 amide bonds. The van der Waals surface area contributed by atoms with Crippen LogP contribution in [0.1, 0.15) is 17.3 Å². The highest BCUT2D eigenvalue weighted by molar-refractivity contribution is 9.10. The van der Waals surface area contributed by atoms with Crippen LogP contribution in [0, 0.1) is 0 Å². The average molecular weight is 285 g/mol. The van der Waals surface area contributed by atoms with Crippen molar-refractivity contribution in [2.75, 3.05) is 6.61 Å². The van der Waals surface area contributed by atoms with Crippen LogP contribution in [0.25, 0.3) is 10.1 Å². The van der Waals surface area contributed by atoms with E-state index < -0.39 is 0 Å². The van der Waals surface area contributed by atoms with Crippen LogP contribution in [0.15, 0.2) is 28.1 Å². The molecule has 0 unspecified atom stereocenters. The number of hydrogen-bond acceptors (Lipinski definition) is 3. The second-order valence-electron chi connectivity index (χ2n) is 3.02. The van der Waals surface area contributed by atoms with Crippen LogP contribution < -0.4 is 0 Å². The van der Waals surface area contributed by atoms with Gasteiger partial charge in [-0.1, -0.05) is 0 Å². The van der Waals surface area contributed by atoms with Crippen LogP contribution in [0.5, 0.6) is 0 Å². The molecule has 1 aromatic carbocycles. The van der Waals surface area contributed by atoms with Crippen LogP contribution in [0.3, 0.4) is 0 Å². The zero-order valence-electron chi connectivity index (χ0n) is 8.12. The third kappa shape index (κ3) is 2.06. The van der Waals surface area contributed by atoms with E-state index in [1.165, 1.54) is 0 Å². The Labute approximate surface area is 100.0 Å². The molecule has 2 nitrogen and oxygen atoms in total. The summed E-state index contributed by atoms with van der Waals surface area (Å²) in [6.45, 7) is 2.21. The van der Waals surface area contributed by atoms with Crippen molar-refractivity contribution in [1.82, 2.24) is 0 Å². The van der Waals surface area contributed by atoms with Gasteiger partial charge in [0, 0.05) is 19.9 Å². The zero-order chi connectivity index (χ0) is 10.8. The molecule has 78 valence electrons. The van der Waals surface area contributed by atoms with Crippen molar-refractivity contribution in [1.29, 1.82) is 0 Å². The molecule has 0 saturated carbocycles. The number of carbonyl (C=O) groups excluding carboxylic acids is 1. The van der Waals surface area contributed by atoms with Gasteiger partial charge >= 0.3 is 5.97 Å². The van der Waals surface area contributed by atoms with Crippen molar-refractivity contribution in [2.24, 2.45) is 0 Å². The fraction of sp³-hybridized carbons (Fsp3) is 0.182. The first kappa shape index (κ1) is 10.6. The number of benzene rings is 1. The monoisotopic (exact) mass is 284 g/mol. The van der Waals surface area contributed by atoms with E-state index >= 15 is 0 Å². The summed E-state index contributed by atoms with van der Waals surface area (Å²) in [5.74, 6) is -0.266. The van der Waals surface area contributed by atoms with Gasteiger partial charge in [-0.2, -0.15) is 0 Å². The highest BCUT2D eigenvalue weighted by Gasteiger charge is 2.09. The highest BCUT2D eigenvalue weighted by atomic mass is 79.9. The van der Waals surface area contributed by atoms with Crippen molar-refractivity contribution >= 4 is 43.3 Å². The summed E-state index contributed by atoms with van der Waals surface area (Å²) in [4.78, 5) is 11.5. The predicted octanol–water partition coefficient (Wildman–Crippen LogP) is 3.84. The molecule has 0 N–H and O–H groups in total. The first-order valence-electron chi connectivity index (χ1n) is 4.56. The third-order valence-corrected chi connectivity index (χ3v) is 3.96. The summed E-state index contributed by atoms with van der Waals surface area (Å²) in [5, 5.41) is 3.07. The van der Waals surface area contributed by atoms with E-state index in [-0.39, 0.29) is 5.97 Å². The summed E-state index contributed by atoms with van der Waals surface area (Å²) in [5.41, 5.74) is 0.600. The molecule has 1 heterocycles. The maximum atomic E-state index is 11.5. The quantitative estimate of drug-likeness (QED) is 0.784. The molecule has 4 heteroatoms. The first-order valence-corrected chi connectivity index (χ1v) is 6.23. The number of thiophene rings is 1. The Morgan fingerprint density at radius 2 is 2.33 bits per heavy atom. The first-order chi connectivity index (χ1) is 7.22. The van der Waals surface area contributed by atoms with Gasteiger partial charge in [-0.25, -0.2) is 4.79 Å². The van der Waals surface area contributed by atoms with Gasteiger partial charge in [-0.3, -0.25) is 0 Å². The summed E-state index contributed by atoms with van der Waals surface area (Å²) < 4.78 is 7.13. The molecule has 0 radical (unpaired) electrons. The Morgan fingerprint density at radius 1 is 1.53 bits per heavy atom. The van der Waals surface area contributed by atoms with E-state index in [9.17, 15) is 4.79 Å². The van der Waals surface area contributed by atoms with Crippen LogP contribution in [-0.2, 0) is 4.74 Å². The van der Waals surface area contributed by atoms with Gasteiger partial charge in [-0.05, 0) is 41.1 Å². The average Bonchev–Trinajstić information content (AvgIpc) is 2.60. The molecule has 1 aromatic heterocycles. The standard InChI is InChI=1S/C11H9BrO2S/c1-2-14-11(13)7-3-4-10-8(5-7)9(12)6-15-10/h3-6H,2H2,1H3. The van der Waals surface area contributed by atoms with Crippen LogP contribution in [0.4, 0.5) is 0 Å². The lowest BCUT2D eigenvalue weighted by molar-refractivity contribution is 0.0526. The van der Waals surface area contributed by atoms with Crippen molar-refractivity contribution in [3.63, 3.8) is 0 Å². The van der Waals surface area contributed by atoms with Crippen molar-refractivity contribution in [3.8, 4) is 0 Å². The van der Waals surface area contributed by atoms with E-state index in [1.54, 1.807) is 24.3 Å². The van der Waals surface area contributed by atoms with E-state index in [0.29, 0.717) is 12.2 Å². The van der Waals surface area contributed by atoms with E-state index in [0.717, 1.165) is 14.6 Å². The molecule has 15 heavy (non-hydrogen) atoms. The molecule has 0 aliphatic rings. The highest BCUT2D eigenvalue weighted by Crippen LogP contribution is 2.30. The number of halogens is 1. The molecule has 2 aromatic rings. The Hall–Kier alpha value is -0.870. The van der Waals surface area contributed by atoms with Gasteiger partial charge in [0.05, 0.1) is 12.2 Å². The Balaban J connectivity index is 2.45. The predicted molar refractivity (Wildman–Crippen MR) is 65.5 cm³/mol. The second kappa shape index (κ2) is 4.33. The molecule has 0 atom stereocenters. The topological polar surface area (TPSA) is 26.3 Å². The zero-order valence-corrected chi connectivity index (χ0v) is 10.5. The number of ether oxygens (including phenoxy) is 1. The van der Waals surface area contributed by atoms with Gasteiger partial charge in [0.2, 0.25) is 0 Å². The maximum Gasteiger partial charge on any atom is 0.338 e. The van der Waals surface area contributed by atoms with E-state index in [2.05, 4.69) is 15.9 Å². The molecular weight excluding hydrogens is 276 g/mol. The number of hydrogen-bond donors (Lipinski definition) is 0. The van der Waals surface area contributed by atoms with Crippen molar-refractivity contribution < 1.29 is 9.53 Å². The number of esters is 1. The Morgan fingerprint density at radius 3 is 3.07 bits per heavy atom. The lowest BCUT2D eigenvalue weighted by atomic mass is 10.2. The summed E-state index contributed by atoms with van der Waals surface area (Å²) in [7, 11) is 0. The minimum absolute atomic E-state index is 0.266. The fourth-order valence-corrected chi connectivity index (χ4v) is 2.88. The van der Waals surface area contributed by atoms with Gasteiger partial charge in [0.15, 0.2) is 0 Å². The minimum Gasteiger partial charge on any atom is -0.462 e. The largest absolute Gasteiger partial charge is 0.462 e. The molecule has 0 aliphatic heterocycles. The second-order valence-corrected chi connectivity index (χ2v) is 4.78. The van der Waals surface area contributed by atoms with Gasteiger partial charge < -0.3 is 4.74 Å². The van der Waals surface area contributed by atoms with Crippen LogP contribution >= 0.6 is 27.3 Å². The maximum absolute atomic E-state index is 11.5. The van der Waals surface area contributed by atoms with Crippen molar-refractivity contribution in [2.45, 2.75) is 6.92 Å². The normalized spacial score (nSPS) is 10.5. The molecule has 0 fully saturated rings. The number of fused-ring (bicyclic) bond motifs is 1. The lowest BCUT2D eigenvalue weighted by Crippen LogP contribution is -2.03. The SMILES string of the molecule is CCOC(=O)c1ccc2scc(Br)c2c1. The van der Waals surface area contributed by atoms with E-state index in [4.69, 9.17) is 4.74 Å². The Kier molecular flexibility index (Phi) is 3.07. The summed E-state index contributed by atoms with van der Waals surface area (Å²) in [6, 6.07) is 5.59. The third-order valence-electron chi connectivity index (χ3n) is 2.04. The molecule has 0 spiro atoms. The fourth-order valence-electron chi connectivity index (χ4n) is 1.34. The molecule has 2 rings (SSSR count). The number of rotatable bonds is 2. The summed E-state index contributed by atoms with van der Waals surface area (Å²) in [6.07, 6.45) is 0. The van der Waals surface area contributed by atoms with Crippen LogP contribution in [0.2, 0.25) is 0 Å². The molecule has 0 saturated heterocycles. The lowest BCUT2D eigenvalue weighted by Gasteiger charge is -2.01. The molecular formula is C11H9BrO2S. The van der Waals surface area contributed by atoms with Crippen LogP contribution in [-0.4, -0.2) is 12.6 Å². The van der Waals surface area contributed by atoms with Crippen molar-refractivity contribution in [3.05, 3.63) is 33.6 Å². The Bertz CT molecular complexity index is 504. The molecule has 0 aliphatic carbocycles.